The Hall–Kier alpha value is -3.29. The van der Waals surface area contributed by atoms with E-state index in [1.165, 1.54) is 0 Å². The van der Waals surface area contributed by atoms with Crippen molar-refractivity contribution in [1.29, 1.82) is 10.7 Å². The molecular formula is C17H12ClF3N6O. The van der Waals surface area contributed by atoms with Crippen molar-refractivity contribution in [2.75, 3.05) is 16.9 Å². The van der Waals surface area contributed by atoms with Gasteiger partial charge in [0.05, 0.1) is 28.7 Å². The highest BCUT2D eigenvalue weighted by molar-refractivity contribution is 6.31. The number of fused-ring (bicyclic) bond motifs is 1. The molecule has 2 aromatic carbocycles. The molecule has 0 aliphatic carbocycles. The maximum Gasteiger partial charge on any atom is 0.201 e. The molecule has 0 atom stereocenters. The molecule has 0 bridgehead atoms. The number of nitrogens with zero attached hydrogens (tertiary/aromatic N) is 3. The van der Waals surface area contributed by atoms with Crippen LogP contribution in [0.1, 0.15) is 12.0 Å². The highest BCUT2D eigenvalue weighted by atomic mass is 35.5. The summed E-state index contributed by atoms with van der Waals surface area (Å²) < 4.78 is 41.4. The predicted molar refractivity (Wildman–Crippen MR) is 97.2 cm³/mol. The summed E-state index contributed by atoms with van der Waals surface area (Å²) in [6.07, 6.45) is 0.159. The van der Waals surface area contributed by atoms with Crippen LogP contribution in [0.4, 0.5) is 24.8 Å². The van der Waals surface area contributed by atoms with Crippen molar-refractivity contribution in [2.45, 2.75) is 6.42 Å². The lowest BCUT2D eigenvalue weighted by Crippen LogP contribution is -2.27. The van der Waals surface area contributed by atoms with Crippen LogP contribution in [0.3, 0.4) is 0 Å². The van der Waals surface area contributed by atoms with E-state index in [1.54, 1.807) is 0 Å². The first-order chi connectivity index (χ1) is 13.3. The Bertz CT molecular complexity index is 1110. The molecule has 4 N–H and O–H groups in total. The predicted octanol–water partition coefficient (Wildman–Crippen LogP) is 4.18. The molecule has 3 aromatic rings. The third-order valence-corrected chi connectivity index (χ3v) is 4.10. The van der Waals surface area contributed by atoms with E-state index in [0.29, 0.717) is 5.06 Å². The number of nitriles is 1. The molecule has 0 fully saturated rings. The SMILES string of the molecule is N#CCCNc1nc2c(F)c(F)cc(C(=N)N(O)c3ccc(F)c(Cl)c3)c2[nH]1. The van der Waals surface area contributed by atoms with Crippen molar-refractivity contribution in [2.24, 2.45) is 0 Å². The zero-order valence-corrected chi connectivity index (χ0v) is 14.8. The molecule has 0 radical (unpaired) electrons. The highest BCUT2D eigenvalue weighted by Gasteiger charge is 2.22. The zero-order chi connectivity index (χ0) is 20.4. The van der Waals surface area contributed by atoms with Crippen molar-refractivity contribution in [3.63, 3.8) is 0 Å². The topological polar surface area (TPSA) is 112 Å². The van der Waals surface area contributed by atoms with Crippen molar-refractivity contribution >= 4 is 40.1 Å². The van der Waals surface area contributed by atoms with Gasteiger partial charge < -0.3 is 10.3 Å². The van der Waals surface area contributed by atoms with Crippen LogP contribution < -0.4 is 10.4 Å². The minimum Gasteiger partial charge on any atom is -0.355 e. The molecule has 1 heterocycles. The smallest absolute Gasteiger partial charge is 0.201 e. The van der Waals surface area contributed by atoms with E-state index in [4.69, 9.17) is 22.3 Å². The second kappa shape index (κ2) is 7.75. The number of aromatic amines is 1. The van der Waals surface area contributed by atoms with Gasteiger partial charge in [-0.15, -0.1) is 0 Å². The molecule has 0 unspecified atom stereocenters. The van der Waals surface area contributed by atoms with Crippen LogP contribution in [0.25, 0.3) is 11.0 Å². The third-order valence-electron chi connectivity index (χ3n) is 3.81. The van der Waals surface area contributed by atoms with Crippen molar-refractivity contribution in [3.05, 3.63) is 52.3 Å². The van der Waals surface area contributed by atoms with Gasteiger partial charge in [0.2, 0.25) is 5.95 Å². The molecule has 144 valence electrons. The molecule has 0 aliphatic heterocycles. The van der Waals surface area contributed by atoms with Gasteiger partial charge in [0.25, 0.3) is 0 Å². The maximum atomic E-state index is 14.1. The monoisotopic (exact) mass is 408 g/mol. The minimum atomic E-state index is -1.27. The number of H-pyrrole nitrogens is 1. The maximum absolute atomic E-state index is 14.1. The van der Waals surface area contributed by atoms with Crippen molar-refractivity contribution in [1.82, 2.24) is 9.97 Å². The number of imidazole rings is 1. The normalized spacial score (nSPS) is 10.7. The van der Waals surface area contributed by atoms with Crippen LogP contribution in [0.15, 0.2) is 24.3 Å². The van der Waals surface area contributed by atoms with Crippen LogP contribution in [-0.2, 0) is 0 Å². The van der Waals surface area contributed by atoms with Crippen LogP contribution in [-0.4, -0.2) is 27.6 Å². The average molecular weight is 409 g/mol. The first-order valence-corrected chi connectivity index (χ1v) is 8.22. The Balaban J connectivity index is 2.03. The summed E-state index contributed by atoms with van der Waals surface area (Å²) in [5.74, 6) is -3.78. The summed E-state index contributed by atoms with van der Waals surface area (Å²) in [6.45, 7) is 0.216. The van der Waals surface area contributed by atoms with E-state index >= 15 is 0 Å². The first kappa shape index (κ1) is 19.5. The Morgan fingerprint density at radius 3 is 2.75 bits per heavy atom. The summed E-state index contributed by atoms with van der Waals surface area (Å²) in [5, 5.41) is 29.8. The van der Waals surface area contributed by atoms with Gasteiger partial charge in [0.1, 0.15) is 11.3 Å². The Kier molecular flexibility index (Phi) is 5.39. The van der Waals surface area contributed by atoms with Gasteiger partial charge in [-0.2, -0.15) is 5.26 Å². The second-order valence-electron chi connectivity index (χ2n) is 5.62. The molecule has 1 aromatic heterocycles. The largest absolute Gasteiger partial charge is 0.355 e. The van der Waals surface area contributed by atoms with E-state index in [-0.39, 0.29) is 46.2 Å². The molecule has 28 heavy (non-hydrogen) atoms. The van der Waals surface area contributed by atoms with Crippen LogP contribution in [0, 0.1) is 34.2 Å². The zero-order valence-electron chi connectivity index (χ0n) is 14.0. The third kappa shape index (κ3) is 3.58. The fourth-order valence-electron chi connectivity index (χ4n) is 2.47. The summed E-state index contributed by atoms with van der Waals surface area (Å²) >= 11 is 5.67. The second-order valence-corrected chi connectivity index (χ2v) is 6.03. The lowest BCUT2D eigenvalue weighted by molar-refractivity contribution is 0.312. The number of nitrogens with one attached hydrogen (secondary N) is 3. The summed E-state index contributed by atoms with van der Waals surface area (Å²) in [4.78, 5) is 6.58. The molecule has 0 spiro atoms. The van der Waals surface area contributed by atoms with Gasteiger partial charge >= 0.3 is 0 Å². The molecule has 0 aliphatic rings. The fourth-order valence-corrected chi connectivity index (χ4v) is 2.64. The number of halogens is 4. The van der Waals surface area contributed by atoms with Crippen LogP contribution in [0.2, 0.25) is 5.02 Å². The number of anilines is 2. The number of hydrogen-bond donors (Lipinski definition) is 4. The standard InChI is InChI=1S/C17H12ClF3N6O/c18-10-6-8(2-3-11(10)19)27(28)16(23)9-7-12(20)13(21)15-14(9)25-17(26-15)24-5-1-4-22/h2-3,6-7,23,28H,1,5H2,(H2,24,25,26). The summed E-state index contributed by atoms with van der Waals surface area (Å²) in [6, 6.07) is 5.87. The Morgan fingerprint density at radius 2 is 2.07 bits per heavy atom. The lowest BCUT2D eigenvalue weighted by Gasteiger charge is -2.18. The van der Waals surface area contributed by atoms with Crippen LogP contribution >= 0.6 is 11.6 Å². The van der Waals surface area contributed by atoms with Gasteiger partial charge in [0.15, 0.2) is 17.5 Å². The molecule has 3 rings (SSSR count). The van der Waals surface area contributed by atoms with E-state index < -0.39 is 23.3 Å². The average Bonchev–Trinajstić information content (AvgIpc) is 3.10. The molecule has 0 saturated carbocycles. The van der Waals surface area contributed by atoms with E-state index in [2.05, 4.69) is 15.3 Å². The quantitative estimate of drug-likeness (QED) is 0.219. The summed E-state index contributed by atoms with van der Waals surface area (Å²) in [7, 11) is 0. The molecule has 0 saturated heterocycles. The van der Waals surface area contributed by atoms with Gasteiger partial charge in [-0.05, 0) is 24.3 Å². The number of rotatable bonds is 5. The number of aromatic nitrogens is 2. The number of amidine groups is 1. The molecule has 0 amide bonds. The Labute approximate surface area is 161 Å². The van der Waals surface area contributed by atoms with Crippen LogP contribution in [0.5, 0.6) is 0 Å². The summed E-state index contributed by atoms with van der Waals surface area (Å²) in [5.41, 5.74) is -0.681. The number of hydroxylamine groups is 1. The van der Waals surface area contributed by atoms with Crippen molar-refractivity contribution < 1.29 is 18.4 Å². The van der Waals surface area contributed by atoms with Crippen molar-refractivity contribution in [3.8, 4) is 6.07 Å². The van der Waals surface area contributed by atoms with Gasteiger partial charge in [0, 0.05) is 12.1 Å². The number of benzene rings is 2. The fraction of sp³-hybridized carbons (Fsp3) is 0.118. The van der Waals surface area contributed by atoms with E-state index in [0.717, 1.165) is 24.3 Å². The molecule has 7 nitrogen and oxygen atoms in total. The minimum absolute atomic E-state index is 0.0457. The van der Waals surface area contributed by atoms with Gasteiger partial charge in [-0.1, -0.05) is 11.6 Å². The van der Waals surface area contributed by atoms with Gasteiger partial charge in [-0.3, -0.25) is 10.6 Å². The van der Waals surface area contributed by atoms with E-state index in [1.807, 2.05) is 6.07 Å². The highest BCUT2D eigenvalue weighted by Crippen LogP contribution is 2.28. The molecular weight excluding hydrogens is 397 g/mol. The van der Waals surface area contributed by atoms with E-state index in [9.17, 15) is 18.4 Å². The lowest BCUT2D eigenvalue weighted by atomic mass is 10.1. The Morgan fingerprint density at radius 1 is 1.32 bits per heavy atom. The van der Waals surface area contributed by atoms with Gasteiger partial charge in [-0.25, -0.2) is 23.2 Å². The first-order valence-electron chi connectivity index (χ1n) is 7.85. The molecule has 11 heteroatoms. The number of hydrogen-bond acceptors (Lipinski definition) is 5.